The van der Waals surface area contributed by atoms with E-state index in [-0.39, 0.29) is 5.92 Å². The molecule has 0 aromatic carbocycles. The van der Waals surface area contributed by atoms with Gasteiger partial charge in [0.25, 0.3) is 0 Å². The van der Waals surface area contributed by atoms with Crippen LogP contribution in [0.25, 0.3) is 0 Å². The Morgan fingerprint density at radius 2 is 2.10 bits per heavy atom. The molecule has 1 aromatic heterocycles. The number of piperidine rings is 1. The maximum Gasteiger partial charge on any atom is 0.308 e. The van der Waals surface area contributed by atoms with Crippen LogP contribution in [-0.4, -0.2) is 45.2 Å². The number of halogens is 1. The smallest absolute Gasteiger partial charge is 0.308 e. The van der Waals surface area contributed by atoms with Crippen LogP contribution in [0.4, 0.5) is 0 Å². The summed E-state index contributed by atoms with van der Waals surface area (Å²) in [5.74, 6) is 0.401. The molecule has 1 unspecified atom stereocenters. The molecule has 2 aliphatic heterocycles. The minimum absolute atomic E-state index is 0.308. The molecule has 3 heterocycles. The Morgan fingerprint density at radius 1 is 1.38 bits per heavy atom. The van der Waals surface area contributed by atoms with Crippen molar-refractivity contribution in [1.29, 1.82) is 0 Å². The van der Waals surface area contributed by atoms with Crippen LogP contribution in [0.1, 0.15) is 43.6 Å². The SMILES string of the molecule is CCN1CCC(c2nc(Cl)c3n2CC(C(=O)O)CC3)CC1. The number of hydrogen-bond donors (Lipinski definition) is 1. The molecule has 0 saturated carbocycles. The molecule has 21 heavy (non-hydrogen) atoms. The number of fused-ring (bicyclic) bond motifs is 1. The molecular weight excluding hydrogens is 290 g/mol. The first-order valence-corrected chi connectivity index (χ1v) is 8.18. The number of aromatic nitrogens is 2. The second kappa shape index (κ2) is 5.97. The van der Waals surface area contributed by atoms with Crippen LogP contribution < -0.4 is 0 Å². The summed E-state index contributed by atoms with van der Waals surface area (Å²) in [5, 5.41) is 9.84. The van der Waals surface area contributed by atoms with Crippen molar-refractivity contribution in [2.24, 2.45) is 5.92 Å². The van der Waals surface area contributed by atoms with E-state index in [2.05, 4.69) is 21.4 Å². The van der Waals surface area contributed by atoms with Crippen molar-refractivity contribution in [3.63, 3.8) is 0 Å². The summed E-state index contributed by atoms with van der Waals surface area (Å²) in [6.07, 6.45) is 3.54. The zero-order chi connectivity index (χ0) is 15.0. The van der Waals surface area contributed by atoms with Crippen LogP contribution in [-0.2, 0) is 17.8 Å². The largest absolute Gasteiger partial charge is 0.481 e. The third-order valence-corrected chi connectivity index (χ3v) is 5.24. The van der Waals surface area contributed by atoms with Gasteiger partial charge in [-0.25, -0.2) is 4.98 Å². The van der Waals surface area contributed by atoms with Crippen molar-refractivity contribution in [3.8, 4) is 0 Å². The first-order valence-electron chi connectivity index (χ1n) is 7.80. The van der Waals surface area contributed by atoms with E-state index in [9.17, 15) is 9.90 Å². The molecule has 2 aliphatic rings. The molecule has 1 saturated heterocycles. The Hall–Kier alpha value is -1.07. The van der Waals surface area contributed by atoms with Crippen LogP contribution in [0, 0.1) is 5.92 Å². The Morgan fingerprint density at radius 3 is 2.71 bits per heavy atom. The highest BCUT2D eigenvalue weighted by Gasteiger charge is 2.32. The van der Waals surface area contributed by atoms with Crippen molar-refractivity contribution >= 4 is 17.6 Å². The van der Waals surface area contributed by atoms with E-state index in [1.165, 1.54) is 0 Å². The molecule has 3 rings (SSSR count). The Kier molecular flexibility index (Phi) is 4.22. The molecule has 0 amide bonds. The number of aliphatic carboxylic acids is 1. The topological polar surface area (TPSA) is 58.4 Å². The summed E-state index contributed by atoms with van der Waals surface area (Å²) in [6, 6.07) is 0. The Bertz CT molecular complexity index is 535. The summed E-state index contributed by atoms with van der Waals surface area (Å²) in [7, 11) is 0. The normalized spacial score (nSPS) is 24.0. The minimum Gasteiger partial charge on any atom is -0.481 e. The van der Waals surface area contributed by atoms with Gasteiger partial charge < -0.3 is 14.6 Å². The van der Waals surface area contributed by atoms with Crippen LogP contribution in [0.2, 0.25) is 5.15 Å². The van der Waals surface area contributed by atoms with Crippen LogP contribution in [0.5, 0.6) is 0 Å². The first kappa shape index (κ1) is 14.9. The van der Waals surface area contributed by atoms with Crippen LogP contribution >= 0.6 is 11.6 Å². The molecule has 1 N–H and O–H groups in total. The summed E-state index contributed by atoms with van der Waals surface area (Å²) in [6.45, 7) is 5.97. The van der Waals surface area contributed by atoms with Gasteiger partial charge in [0.2, 0.25) is 0 Å². The summed E-state index contributed by atoms with van der Waals surface area (Å²) >= 11 is 6.28. The van der Waals surface area contributed by atoms with Gasteiger partial charge in [0.15, 0.2) is 5.15 Å². The van der Waals surface area contributed by atoms with Crippen LogP contribution in [0.3, 0.4) is 0 Å². The lowest BCUT2D eigenvalue weighted by Gasteiger charge is -2.32. The van der Waals surface area contributed by atoms with Crippen molar-refractivity contribution in [1.82, 2.24) is 14.5 Å². The Balaban J connectivity index is 1.82. The maximum absolute atomic E-state index is 11.3. The highest BCUT2D eigenvalue weighted by atomic mass is 35.5. The third kappa shape index (κ3) is 2.81. The van der Waals surface area contributed by atoms with Gasteiger partial charge in [-0.3, -0.25) is 4.79 Å². The average molecular weight is 312 g/mol. The molecule has 0 radical (unpaired) electrons. The van der Waals surface area contributed by atoms with Crippen molar-refractivity contribution in [2.75, 3.05) is 19.6 Å². The number of nitrogens with zero attached hydrogens (tertiary/aromatic N) is 3. The number of likely N-dealkylation sites (tertiary alicyclic amines) is 1. The summed E-state index contributed by atoms with van der Waals surface area (Å²) in [5.41, 5.74) is 1.03. The van der Waals surface area contributed by atoms with Crippen LogP contribution in [0.15, 0.2) is 0 Å². The van der Waals surface area contributed by atoms with Crippen molar-refractivity contribution < 1.29 is 9.90 Å². The average Bonchev–Trinajstić information content (AvgIpc) is 2.84. The zero-order valence-corrected chi connectivity index (χ0v) is 13.1. The number of imidazole rings is 1. The van der Waals surface area contributed by atoms with E-state index in [0.29, 0.717) is 24.0 Å². The quantitative estimate of drug-likeness (QED) is 0.931. The highest BCUT2D eigenvalue weighted by Crippen LogP contribution is 2.34. The lowest BCUT2D eigenvalue weighted by Crippen LogP contribution is -2.34. The van der Waals surface area contributed by atoms with E-state index < -0.39 is 5.97 Å². The van der Waals surface area contributed by atoms with Gasteiger partial charge in [-0.1, -0.05) is 18.5 Å². The predicted molar refractivity (Wildman–Crippen MR) is 80.8 cm³/mol. The monoisotopic (exact) mass is 311 g/mol. The van der Waals surface area contributed by atoms with Gasteiger partial charge in [-0.15, -0.1) is 0 Å². The zero-order valence-electron chi connectivity index (χ0n) is 12.4. The summed E-state index contributed by atoms with van der Waals surface area (Å²) in [4.78, 5) is 18.3. The number of rotatable bonds is 3. The van der Waals surface area contributed by atoms with Crippen molar-refractivity contribution in [2.45, 2.75) is 45.1 Å². The van der Waals surface area contributed by atoms with Crippen molar-refractivity contribution in [3.05, 3.63) is 16.7 Å². The van der Waals surface area contributed by atoms with Gasteiger partial charge in [-0.2, -0.15) is 0 Å². The molecule has 0 spiro atoms. The van der Waals surface area contributed by atoms with Gasteiger partial charge >= 0.3 is 5.97 Å². The van der Waals surface area contributed by atoms with E-state index >= 15 is 0 Å². The van der Waals surface area contributed by atoms with Gasteiger partial charge in [0, 0.05) is 12.5 Å². The molecule has 6 heteroatoms. The fraction of sp³-hybridized carbons (Fsp3) is 0.733. The predicted octanol–water partition coefficient (Wildman–Crippen LogP) is 2.38. The second-order valence-corrected chi connectivity index (χ2v) is 6.46. The molecule has 0 aliphatic carbocycles. The summed E-state index contributed by atoms with van der Waals surface area (Å²) < 4.78 is 2.09. The Labute approximate surface area is 129 Å². The number of carbonyl (C=O) groups is 1. The van der Waals surface area contributed by atoms with E-state index in [4.69, 9.17) is 11.6 Å². The number of carboxylic acids is 1. The van der Waals surface area contributed by atoms with Gasteiger partial charge in [0.1, 0.15) is 5.82 Å². The highest BCUT2D eigenvalue weighted by molar-refractivity contribution is 6.30. The molecule has 1 aromatic rings. The molecule has 116 valence electrons. The molecule has 5 nitrogen and oxygen atoms in total. The molecular formula is C15H22ClN3O2. The van der Waals surface area contributed by atoms with E-state index in [0.717, 1.165) is 50.4 Å². The third-order valence-electron chi connectivity index (χ3n) is 4.93. The molecule has 0 bridgehead atoms. The number of carboxylic acid groups (broad SMARTS) is 1. The first-order chi connectivity index (χ1) is 10.1. The lowest BCUT2D eigenvalue weighted by atomic mass is 9.94. The maximum atomic E-state index is 11.3. The molecule has 1 atom stereocenters. The van der Waals surface area contributed by atoms with Gasteiger partial charge in [0.05, 0.1) is 11.6 Å². The van der Waals surface area contributed by atoms with E-state index in [1.807, 2.05) is 0 Å². The molecule has 1 fully saturated rings. The standard InChI is InChI=1S/C15H22ClN3O2/c1-2-18-7-5-10(6-8-18)14-17-13(16)12-4-3-11(15(20)21)9-19(12)14/h10-11H,2-9H2,1H3,(H,20,21). The van der Waals surface area contributed by atoms with E-state index in [1.54, 1.807) is 0 Å². The lowest BCUT2D eigenvalue weighted by molar-refractivity contribution is -0.142. The minimum atomic E-state index is -0.711. The van der Waals surface area contributed by atoms with Gasteiger partial charge in [-0.05, 0) is 45.3 Å². The fourth-order valence-electron chi connectivity index (χ4n) is 3.56. The fourth-order valence-corrected chi connectivity index (χ4v) is 3.84. The number of hydrogen-bond acceptors (Lipinski definition) is 3. The second-order valence-electron chi connectivity index (χ2n) is 6.10.